The molecule has 0 aromatic heterocycles. The first-order valence-corrected chi connectivity index (χ1v) is 16.7. The number of amides is 5. The van der Waals surface area contributed by atoms with Crippen molar-refractivity contribution in [3.8, 4) is 11.5 Å². The lowest BCUT2D eigenvalue weighted by Gasteiger charge is -2.28. The summed E-state index contributed by atoms with van der Waals surface area (Å²) in [5.41, 5.74) is 0.134. The van der Waals surface area contributed by atoms with Gasteiger partial charge < -0.3 is 35.1 Å². The molecule has 254 valence electrons. The van der Waals surface area contributed by atoms with Crippen LogP contribution in [0.2, 0.25) is 0 Å². The van der Waals surface area contributed by atoms with Crippen LogP contribution in [0.4, 0.5) is 16.2 Å². The van der Waals surface area contributed by atoms with Crippen LogP contribution in [0.1, 0.15) is 67.2 Å². The smallest absolute Gasteiger partial charge is 0.410 e. The highest BCUT2D eigenvalue weighted by molar-refractivity contribution is 9.10. The highest BCUT2D eigenvalue weighted by Crippen LogP contribution is 2.37. The number of hydrogen-bond acceptors (Lipinski definition) is 8. The van der Waals surface area contributed by atoms with Crippen molar-refractivity contribution in [2.75, 3.05) is 45.0 Å². The quantitative estimate of drug-likeness (QED) is 0.332. The van der Waals surface area contributed by atoms with Gasteiger partial charge in [-0.15, -0.1) is 0 Å². The monoisotopic (exact) mass is 779 g/mol. The first-order chi connectivity index (χ1) is 22.2. The molecule has 47 heavy (non-hydrogen) atoms. The molecule has 2 atom stereocenters. The van der Waals surface area contributed by atoms with Crippen molar-refractivity contribution in [3.63, 3.8) is 0 Å². The Hall–Kier alpha value is -3.85. The number of hydrogen-bond donors (Lipinski definition) is 3. The van der Waals surface area contributed by atoms with Gasteiger partial charge in [0.1, 0.15) is 17.7 Å². The molecule has 0 aliphatic carbocycles. The van der Waals surface area contributed by atoms with Gasteiger partial charge in [-0.3, -0.25) is 24.1 Å². The second kappa shape index (κ2) is 14.9. The highest BCUT2D eigenvalue weighted by Gasteiger charge is 2.39. The van der Waals surface area contributed by atoms with E-state index in [1.807, 2.05) is 0 Å². The summed E-state index contributed by atoms with van der Waals surface area (Å²) >= 11 is 6.81. The minimum atomic E-state index is -0.836. The Labute approximate surface area is 290 Å². The standard InChI is InChI=1S/C32H39Br2N5O8/c1-32(2,3)47-31(44)39-12-8-10-24(39)29(42)37-22-16-18(34)14-20(26(22)46-6)30(43)38-11-7-9-23(38)28(41)36-21-15-17(33)13-19(25(21)45-5)27(40)35-4/h13-16,23-24H,7-12H2,1-6H3,(H,35,40)(H,36,41)(H,37,42)/t23-,24+/m1/s1. The zero-order chi connectivity index (χ0) is 34.6. The molecule has 2 aliphatic rings. The Kier molecular flexibility index (Phi) is 11.4. The van der Waals surface area contributed by atoms with E-state index in [2.05, 4.69) is 47.8 Å². The maximum absolute atomic E-state index is 14.1. The lowest BCUT2D eigenvalue weighted by atomic mass is 10.1. The van der Waals surface area contributed by atoms with E-state index in [-0.39, 0.29) is 34.0 Å². The van der Waals surface area contributed by atoms with E-state index < -0.39 is 47.4 Å². The van der Waals surface area contributed by atoms with E-state index in [1.54, 1.807) is 45.0 Å². The number of ether oxygens (including phenoxy) is 3. The molecule has 0 unspecified atom stereocenters. The predicted octanol–water partition coefficient (Wildman–Crippen LogP) is 5.17. The molecule has 2 saturated heterocycles. The van der Waals surface area contributed by atoms with Gasteiger partial charge in [0.15, 0.2) is 11.5 Å². The fourth-order valence-electron chi connectivity index (χ4n) is 5.72. The number of benzene rings is 2. The number of anilines is 2. The Bertz CT molecular complexity index is 1580. The van der Waals surface area contributed by atoms with Crippen LogP contribution in [0.25, 0.3) is 0 Å². The van der Waals surface area contributed by atoms with Crippen molar-refractivity contribution >= 4 is 73.0 Å². The van der Waals surface area contributed by atoms with Gasteiger partial charge in [-0.1, -0.05) is 31.9 Å². The zero-order valence-corrected chi connectivity index (χ0v) is 30.3. The summed E-state index contributed by atoms with van der Waals surface area (Å²) in [4.78, 5) is 69.2. The van der Waals surface area contributed by atoms with Gasteiger partial charge in [0.2, 0.25) is 11.8 Å². The number of rotatable bonds is 8. The fourth-order valence-corrected chi connectivity index (χ4v) is 6.64. The summed E-state index contributed by atoms with van der Waals surface area (Å²) in [7, 11) is 4.27. The van der Waals surface area contributed by atoms with E-state index in [4.69, 9.17) is 14.2 Å². The van der Waals surface area contributed by atoms with Crippen molar-refractivity contribution in [3.05, 3.63) is 44.3 Å². The number of carbonyl (C=O) groups excluding carboxylic acids is 5. The predicted molar refractivity (Wildman–Crippen MR) is 182 cm³/mol. The zero-order valence-electron chi connectivity index (χ0n) is 27.1. The average Bonchev–Trinajstić information content (AvgIpc) is 3.70. The Morgan fingerprint density at radius 3 is 1.72 bits per heavy atom. The summed E-state index contributed by atoms with van der Waals surface area (Å²) in [6.07, 6.45) is 1.48. The van der Waals surface area contributed by atoms with E-state index in [1.165, 1.54) is 31.1 Å². The molecule has 2 aliphatic heterocycles. The van der Waals surface area contributed by atoms with Crippen LogP contribution in [-0.2, 0) is 14.3 Å². The van der Waals surface area contributed by atoms with Gasteiger partial charge in [0, 0.05) is 29.1 Å². The Morgan fingerprint density at radius 1 is 0.766 bits per heavy atom. The third-order valence-corrected chi connectivity index (χ3v) is 8.65. The molecule has 0 spiro atoms. The largest absolute Gasteiger partial charge is 0.494 e. The Morgan fingerprint density at radius 2 is 1.23 bits per heavy atom. The van der Waals surface area contributed by atoms with Crippen LogP contribution in [0.5, 0.6) is 11.5 Å². The van der Waals surface area contributed by atoms with E-state index >= 15 is 0 Å². The van der Waals surface area contributed by atoms with Crippen LogP contribution in [-0.4, -0.2) is 91.6 Å². The SMILES string of the molecule is CNC(=O)c1cc(Br)cc(NC(=O)[C@H]2CCCN2C(=O)c2cc(Br)cc(NC(=O)[C@@H]3CCCN3C(=O)OC(C)(C)C)c2OC)c1OC. The molecule has 0 bridgehead atoms. The summed E-state index contributed by atoms with van der Waals surface area (Å²) in [6.45, 7) is 5.97. The number of carbonyl (C=O) groups is 5. The lowest BCUT2D eigenvalue weighted by Crippen LogP contribution is -2.45. The molecule has 2 aromatic carbocycles. The summed E-state index contributed by atoms with van der Waals surface area (Å²) in [6, 6.07) is 4.77. The second-order valence-corrected chi connectivity index (χ2v) is 13.9. The number of halogens is 2. The molecule has 2 fully saturated rings. The molecule has 5 amide bonds. The molecule has 13 nitrogen and oxygen atoms in total. The third kappa shape index (κ3) is 8.18. The maximum Gasteiger partial charge on any atom is 0.410 e. The van der Waals surface area contributed by atoms with Gasteiger partial charge in [0.05, 0.1) is 36.7 Å². The Balaban J connectivity index is 1.58. The van der Waals surface area contributed by atoms with Crippen molar-refractivity contribution in [1.82, 2.24) is 15.1 Å². The van der Waals surface area contributed by atoms with Gasteiger partial charge in [-0.2, -0.15) is 0 Å². The maximum atomic E-state index is 14.1. The topological polar surface area (TPSA) is 156 Å². The van der Waals surface area contributed by atoms with Gasteiger partial charge in [-0.05, 0) is 70.7 Å². The summed E-state index contributed by atoms with van der Waals surface area (Å²) < 4.78 is 17.7. The van der Waals surface area contributed by atoms with E-state index in [0.717, 1.165) is 0 Å². The van der Waals surface area contributed by atoms with Crippen LogP contribution >= 0.6 is 31.9 Å². The molecule has 0 saturated carbocycles. The van der Waals surface area contributed by atoms with Crippen molar-refractivity contribution in [2.24, 2.45) is 0 Å². The highest BCUT2D eigenvalue weighted by atomic mass is 79.9. The first-order valence-electron chi connectivity index (χ1n) is 15.1. The number of nitrogens with zero attached hydrogens (tertiary/aromatic N) is 2. The van der Waals surface area contributed by atoms with Crippen molar-refractivity contribution in [1.29, 1.82) is 0 Å². The number of nitrogens with one attached hydrogen (secondary N) is 3. The number of likely N-dealkylation sites (tertiary alicyclic amines) is 2. The van der Waals surface area contributed by atoms with Crippen LogP contribution < -0.4 is 25.4 Å². The molecule has 2 heterocycles. The summed E-state index contributed by atoms with van der Waals surface area (Å²) in [5.74, 6) is -1.48. The molecule has 4 rings (SSSR count). The average molecular weight is 781 g/mol. The molecule has 15 heteroatoms. The fraction of sp³-hybridized carbons (Fsp3) is 0.469. The van der Waals surface area contributed by atoms with Crippen LogP contribution in [0, 0.1) is 0 Å². The minimum absolute atomic E-state index is 0.114. The third-order valence-electron chi connectivity index (χ3n) is 7.73. The van der Waals surface area contributed by atoms with E-state index in [0.29, 0.717) is 47.7 Å². The van der Waals surface area contributed by atoms with Crippen molar-refractivity contribution < 1.29 is 38.2 Å². The molecule has 0 radical (unpaired) electrons. The lowest BCUT2D eigenvalue weighted by molar-refractivity contribution is -0.120. The molecule has 3 N–H and O–H groups in total. The molecule has 2 aromatic rings. The van der Waals surface area contributed by atoms with Crippen LogP contribution in [0.15, 0.2) is 33.2 Å². The number of methoxy groups -OCH3 is 2. The normalized spacial score (nSPS) is 17.6. The first kappa shape index (κ1) is 36.0. The molecular weight excluding hydrogens is 742 g/mol. The summed E-state index contributed by atoms with van der Waals surface area (Å²) in [5, 5.41) is 8.22. The van der Waals surface area contributed by atoms with Gasteiger partial charge >= 0.3 is 6.09 Å². The van der Waals surface area contributed by atoms with Gasteiger partial charge in [-0.25, -0.2) is 4.79 Å². The molecular formula is C32H39Br2N5O8. The van der Waals surface area contributed by atoms with Crippen LogP contribution in [0.3, 0.4) is 0 Å². The van der Waals surface area contributed by atoms with Crippen molar-refractivity contribution in [2.45, 2.75) is 64.1 Å². The van der Waals surface area contributed by atoms with Gasteiger partial charge in [0.25, 0.3) is 11.8 Å². The second-order valence-electron chi connectivity index (χ2n) is 12.1. The van der Waals surface area contributed by atoms with E-state index in [9.17, 15) is 24.0 Å². The minimum Gasteiger partial charge on any atom is -0.494 e.